The lowest BCUT2D eigenvalue weighted by Gasteiger charge is -2.30. The van der Waals surface area contributed by atoms with E-state index in [-0.39, 0.29) is 12.1 Å². The van der Waals surface area contributed by atoms with Crippen molar-refractivity contribution in [3.8, 4) is 11.5 Å². The van der Waals surface area contributed by atoms with Crippen LogP contribution in [0, 0.1) is 6.92 Å². The third-order valence-electron chi connectivity index (χ3n) is 3.19. The molecule has 0 radical (unpaired) electrons. The molecular weight excluding hydrogens is 246 g/mol. The minimum atomic E-state index is -0.149. The summed E-state index contributed by atoms with van der Waals surface area (Å²) in [6.07, 6.45) is -0.131. The number of hydrogen-bond acceptors (Lipinski definition) is 4. The van der Waals surface area contributed by atoms with E-state index in [0.29, 0.717) is 6.61 Å². The maximum absolute atomic E-state index is 6.27. The highest BCUT2D eigenvalue weighted by atomic mass is 32.1. The topological polar surface area (TPSA) is 44.5 Å². The highest BCUT2D eigenvalue weighted by Gasteiger charge is 2.28. The third kappa shape index (κ3) is 1.98. The maximum Gasteiger partial charge on any atom is 0.161 e. The highest BCUT2D eigenvalue weighted by Crippen LogP contribution is 2.34. The van der Waals surface area contributed by atoms with Gasteiger partial charge >= 0.3 is 0 Å². The Hall–Kier alpha value is -1.52. The molecule has 2 heterocycles. The first kappa shape index (κ1) is 11.6. The van der Waals surface area contributed by atoms with Gasteiger partial charge in [-0.1, -0.05) is 12.1 Å². The Morgan fingerprint density at radius 2 is 2.06 bits per heavy atom. The van der Waals surface area contributed by atoms with Crippen molar-refractivity contribution < 1.29 is 9.47 Å². The van der Waals surface area contributed by atoms with Gasteiger partial charge in [-0.3, -0.25) is 0 Å². The number of aryl methyl sites for hydroxylation is 1. The minimum Gasteiger partial charge on any atom is -0.486 e. The molecule has 2 unspecified atom stereocenters. The van der Waals surface area contributed by atoms with Crippen LogP contribution in [0.2, 0.25) is 0 Å². The first-order valence-corrected chi connectivity index (χ1v) is 6.82. The van der Waals surface area contributed by atoms with E-state index >= 15 is 0 Å². The molecule has 0 amide bonds. The summed E-state index contributed by atoms with van der Waals surface area (Å²) in [5, 5.41) is 2.06. The minimum absolute atomic E-state index is 0.131. The molecule has 3 rings (SSSR count). The van der Waals surface area contributed by atoms with Crippen LogP contribution in [0.15, 0.2) is 35.7 Å². The first-order chi connectivity index (χ1) is 8.75. The molecule has 0 saturated carbocycles. The van der Waals surface area contributed by atoms with E-state index in [4.69, 9.17) is 15.2 Å². The van der Waals surface area contributed by atoms with Crippen LogP contribution in [0.4, 0.5) is 0 Å². The van der Waals surface area contributed by atoms with Crippen molar-refractivity contribution in [3.63, 3.8) is 0 Å². The SMILES string of the molecule is Cc1sccc1C(N)C1COc2ccccc2O1. The van der Waals surface area contributed by atoms with Crippen LogP contribution in [0.3, 0.4) is 0 Å². The van der Waals surface area contributed by atoms with E-state index in [9.17, 15) is 0 Å². The molecule has 0 fully saturated rings. The van der Waals surface area contributed by atoms with Crippen LogP contribution in [-0.2, 0) is 0 Å². The van der Waals surface area contributed by atoms with Gasteiger partial charge in [0.15, 0.2) is 17.6 Å². The van der Waals surface area contributed by atoms with Gasteiger partial charge in [-0.05, 0) is 36.1 Å². The molecule has 2 aromatic rings. The second kappa shape index (κ2) is 4.63. The van der Waals surface area contributed by atoms with Crippen LogP contribution in [-0.4, -0.2) is 12.7 Å². The van der Waals surface area contributed by atoms with Crippen molar-refractivity contribution in [2.75, 3.05) is 6.61 Å². The van der Waals surface area contributed by atoms with Crippen molar-refractivity contribution in [2.45, 2.75) is 19.1 Å². The smallest absolute Gasteiger partial charge is 0.161 e. The zero-order chi connectivity index (χ0) is 12.5. The molecular formula is C14H15NO2S. The Morgan fingerprint density at radius 3 is 2.78 bits per heavy atom. The van der Waals surface area contributed by atoms with Gasteiger partial charge in [0, 0.05) is 4.88 Å². The number of rotatable bonds is 2. The van der Waals surface area contributed by atoms with Crippen molar-refractivity contribution in [1.29, 1.82) is 0 Å². The Bertz CT molecular complexity index is 552. The fourth-order valence-corrected chi connectivity index (χ4v) is 2.91. The molecule has 1 aliphatic rings. The lowest BCUT2D eigenvalue weighted by Crippen LogP contribution is -2.39. The van der Waals surface area contributed by atoms with Crippen molar-refractivity contribution in [3.05, 3.63) is 46.2 Å². The standard InChI is InChI=1S/C14H15NO2S/c1-9-10(6-7-18-9)14(15)13-8-16-11-4-2-3-5-12(11)17-13/h2-7,13-14H,8,15H2,1H3. The van der Waals surface area contributed by atoms with Crippen molar-refractivity contribution in [2.24, 2.45) is 5.73 Å². The zero-order valence-electron chi connectivity index (χ0n) is 10.1. The predicted molar refractivity (Wildman–Crippen MR) is 72.3 cm³/mol. The molecule has 1 aliphatic heterocycles. The Balaban J connectivity index is 1.82. The molecule has 0 bridgehead atoms. The van der Waals surface area contributed by atoms with Gasteiger partial charge in [0.2, 0.25) is 0 Å². The largest absolute Gasteiger partial charge is 0.486 e. The molecule has 1 aromatic heterocycles. The number of fused-ring (bicyclic) bond motifs is 1. The van der Waals surface area contributed by atoms with Gasteiger partial charge in [0.1, 0.15) is 6.61 Å². The second-order valence-electron chi connectivity index (χ2n) is 4.37. The summed E-state index contributed by atoms with van der Waals surface area (Å²) in [6, 6.07) is 9.61. The summed E-state index contributed by atoms with van der Waals surface area (Å²) in [4.78, 5) is 1.24. The maximum atomic E-state index is 6.27. The van der Waals surface area contributed by atoms with Gasteiger partial charge < -0.3 is 15.2 Å². The molecule has 1 aromatic carbocycles. The third-order valence-corrected chi connectivity index (χ3v) is 4.05. The van der Waals surface area contributed by atoms with Gasteiger partial charge in [-0.25, -0.2) is 0 Å². The van der Waals surface area contributed by atoms with E-state index in [1.54, 1.807) is 11.3 Å². The zero-order valence-corrected chi connectivity index (χ0v) is 10.9. The normalized spacial score (nSPS) is 19.6. The van der Waals surface area contributed by atoms with E-state index in [1.807, 2.05) is 24.3 Å². The van der Waals surface area contributed by atoms with Crippen LogP contribution >= 0.6 is 11.3 Å². The predicted octanol–water partition coefficient (Wildman–Crippen LogP) is 2.90. The first-order valence-electron chi connectivity index (χ1n) is 5.94. The van der Waals surface area contributed by atoms with E-state index in [0.717, 1.165) is 17.1 Å². The fraction of sp³-hybridized carbons (Fsp3) is 0.286. The van der Waals surface area contributed by atoms with Crippen molar-refractivity contribution in [1.82, 2.24) is 0 Å². The van der Waals surface area contributed by atoms with Crippen LogP contribution in [0.5, 0.6) is 11.5 Å². The molecule has 0 spiro atoms. The fourth-order valence-electron chi connectivity index (χ4n) is 2.15. The molecule has 2 N–H and O–H groups in total. The van der Waals surface area contributed by atoms with Crippen LogP contribution in [0.1, 0.15) is 16.5 Å². The number of nitrogens with two attached hydrogens (primary N) is 1. The monoisotopic (exact) mass is 261 g/mol. The molecule has 94 valence electrons. The quantitative estimate of drug-likeness (QED) is 0.904. The number of thiophene rings is 1. The lowest BCUT2D eigenvalue weighted by molar-refractivity contribution is 0.0721. The average molecular weight is 261 g/mol. The summed E-state index contributed by atoms with van der Waals surface area (Å²) in [5.74, 6) is 1.57. The Morgan fingerprint density at radius 1 is 1.28 bits per heavy atom. The molecule has 3 nitrogen and oxygen atoms in total. The molecule has 2 atom stereocenters. The number of hydrogen-bond donors (Lipinski definition) is 1. The molecule has 0 aliphatic carbocycles. The lowest BCUT2D eigenvalue weighted by atomic mass is 10.0. The average Bonchev–Trinajstić information content (AvgIpc) is 2.83. The molecule has 0 saturated heterocycles. The van der Waals surface area contributed by atoms with Crippen LogP contribution in [0.25, 0.3) is 0 Å². The highest BCUT2D eigenvalue weighted by molar-refractivity contribution is 7.10. The van der Waals surface area contributed by atoms with Gasteiger partial charge in [0.25, 0.3) is 0 Å². The number of benzene rings is 1. The van der Waals surface area contributed by atoms with Gasteiger partial charge in [-0.15, -0.1) is 11.3 Å². The van der Waals surface area contributed by atoms with E-state index in [1.165, 1.54) is 4.88 Å². The summed E-state index contributed by atoms with van der Waals surface area (Å²) in [6.45, 7) is 2.57. The summed E-state index contributed by atoms with van der Waals surface area (Å²) in [5.41, 5.74) is 7.42. The molecule has 18 heavy (non-hydrogen) atoms. The summed E-state index contributed by atoms with van der Waals surface area (Å²) >= 11 is 1.71. The second-order valence-corrected chi connectivity index (χ2v) is 5.49. The van der Waals surface area contributed by atoms with E-state index < -0.39 is 0 Å². The summed E-state index contributed by atoms with van der Waals surface area (Å²) in [7, 11) is 0. The number of ether oxygens (including phenoxy) is 2. The summed E-state index contributed by atoms with van der Waals surface area (Å²) < 4.78 is 11.6. The van der Waals surface area contributed by atoms with Gasteiger partial charge in [0.05, 0.1) is 6.04 Å². The van der Waals surface area contributed by atoms with Crippen molar-refractivity contribution >= 4 is 11.3 Å². The van der Waals surface area contributed by atoms with Crippen LogP contribution < -0.4 is 15.2 Å². The van der Waals surface area contributed by atoms with E-state index in [2.05, 4.69) is 18.4 Å². The Labute approximate surface area is 110 Å². The number of para-hydroxylation sites is 2. The Kier molecular flexibility index (Phi) is 2.97. The molecule has 4 heteroatoms. The van der Waals surface area contributed by atoms with Gasteiger partial charge in [-0.2, -0.15) is 0 Å².